The molecule has 0 unspecified atom stereocenters. The van der Waals surface area contributed by atoms with Crippen molar-refractivity contribution in [2.75, 3.05) is 13.2 Å². The number of nitrogens with zero attached hydrogens (tertiary/aromatic N) is 2. The Labute approximate surface area is 213 Å². The van der Waals surface area contributed by atoms with Crippen LogP contribution in [0.25, 0.3) is 17.1 Å². The first-order valence-corrected chi connectivity index (χ1v) is 12.6. The third-order valence-corrected chi connectivity index (χ3v) is 6.12. The van der Waals surface area contributed by atoms with Crippen LogP contribution in [0, 0.1) is 0 Å². The van der Waals surface area contributed by atoms with Crippen LogP contribution in [0.4, 0.5) is 0 Å². The Morgan fingerprint density at radius 3 is 2.44 bits per heavy atom. The zero-order chi connectivity index (χ0) is 25.4. The Morgan fingerprint density at radius 1 is 0.972 bits per heavy atom. The Hall–Kier alpha value is -3.86. The minimum Gasteiger partial charge on any atom is -0.494 e. The molecule has 0 aliphatic carbocycles. The number of nitrogens with one attached hydrogen (secondary N) is 1. The largest absolute Gasteiger partial charge is 0.494 e. The molecule has 0 atom stereocenters. The predicted molar refractivity (Wildman–Crippen MR) is 147 cm³/mol. The van der Waals surface area contributed by atoms with Gasteiger partial charge in [0, 0.05) is 25.6 Å². The third kappa shape index (κ3) is 6.85. The van der Waals surface area contributed by atoms with E-state index in [1.54, 1.807) is 6.08 Å². The van der Waals surface area contributed by atoms with E-state index in [2.05, 4.69) is 48.9 Å². The van der Waals surface area contributed by atoms with Gasteiger partial charge in [-0.25, -0.2) is 4.98 Å². The molecule has 0 saturated carbocycles. The fourth-order valence-electron chi connectivity index (χ4n) is 4.12. The third-order valence-electron chi connectivity index (χ3n) is 6.12. The van der Waals surface area contributed by atoms with Gasteiger partial charge in [0.05, 0.1) is 17.6 Å². The topological polar surface area (TPSA) is 56.1 Å². The summed E-state index contributed by atoms with van der Waals surface area (Å²) in [5.41, 5.74) is 4.52. The van der Waals surface area contributed by atoms with E-state index in [1.807, 2.05) is 66.7 Å². The molecule has 1 amide bonds. The first-order valence-electron chi connectivity index (χ1n) is 12.6. The monoisotopic (exact) mass is 481 g/mol. The number of carbonyl (C=O) groups is 1. The fourth-order valence-corrected chi connectivity index (χ4v) is 4.12. The molecule has 0 bridgehead atoms. The van der Waals surface area contributed by atoms with E-state index in [0.717, 1.165) is 41.1 Å². The lowest BCUT2D eigenvalue weighted by molar-refractivity contribution is -0.116. The maximum absolute atomic E-state index is 12.2. The quantitative estimate of drug-likeness (QED) is 0.218. The first kappa shape index (κ1) is 25.2. The summed E-state index contributed by atoms with van der Waals surface area (Å²) in [6, 6.07) is 26.3. The molecule has 4 aromatic rings. The Kier molecular flexibility index (Phi) is 8.21. The number of para-hydroxylation sites is 2. The number of hydrogen-bond donors (Lipinski definition) is 1. The molecular weight excluding hydrogens is 446 g/mol. The number of aryl methyl sites for hydroxylation is 1. The lowest BCUT2D eigenvalue weighted by Crippen LogP contribution is -2.24. The molecule has 0 aliphatic heterocycles. The SMILES string of the molecule is CC(C)(C)c1ccc(OCCCn2c(CCNC(=O)/C=C/c3ccccc3)nc3ccccc32)cc1. The predicted octanol–water partition coefficient (Wildman–Crippen LogP) is 6.18. The van der Waals surface area contributed by atoms with Gasteiger partial charge in [0.2, 0.25) is 5.91 Å². The van der Waals surface area contributed by atoms with E-state index < -0.39 is 0 Å². The number of carbonyl (C=O) groups excluding carboxylic acids is 1. The van der Waals surface area contributed by atoms with Gasteiger partial charge in [0.1, 0.15) is 11.6 Å². The standard InChI is InChI=1S/C31H35N3O2/c1-31(2,3)25-15-17-26(18-16-25)36-23-9-22-34-28-13-8-7-12-27(28)33-29(34)20-21-32-30(35)19-14-24-10-5-4-6-11-24/h4-8,10-19H,9,20-23H2,1-3H3,(H,32,35)/b19-14+. The summed E-state index contributed by atoms with van der Waals surface area (Å²) in [6.45, 7) is 8.59. The molecule has 0 fully saturated rings. The number of amides is 1. The molecular formula is C31H35N3O2. The highest BCUT2D eigenvalue weighted by Gasteiger charge is 2.13. The van der Waals surface area contributed by atoms with Crippen molar-refractivity contribution >= 4 is 23.0 Å². The lowest BCUT2D eigenvalue weighted by atomic mass is 9.87. The van der Waals surface area contributed by atoms with Gasteiger partial charge >= 0.3 is 0 Å². The summed E-state index contributed by atoms with van der Waals surface area (Å²) in [4.78, 5) is 17.1. The van der Waals surface area contributed by atoms with Gasteiger partial charge in [-0.05, 0) is 53.3 Å². The van der Waals surface area contributed by atoms with Crippen molar-refractivity contribution in [3.8, 4) is 5.75 Å². The zero-order valence-corrected chi connectivity index (χ0v) is 21.4. The molecule has 0 spiro atoms. The van der Waals surface area contributed by atoms with E-state index in [0.29, 0.717) is 19.6 Å². The summed E-state index contributed by atoms with van der Waals surface area (Å²) >= 11 is 0. The smallest absolute Gasteiger partial charge is 0.244 e. The molecule has 1 aromatic heterocycles. The number of imidazole rings is 1. The van der Waals surface area contributed by atoms with E-state index in [1.165, 1.54) is 5.56 Å². The molecule has 0 saturated heterocycles. The van der Waals surface area contributed by atoms with Crippen molar-refractivity contribution in [3.05, 3.63) is 102 Å². The summed E-state index contributed by atoms with van der Waals surface area (Å²) in [7, 11) is 0. The molecule has 186 valence electrons. The molecule has 1 N–H and O–H groups in total. The van der Waals surface area contributed by atoms with Gasteiger partial charge < -0.3 is 14.6 Å². The van der Waals surface area contributed by atoms with Gasteiger partial charge in [-0.15, -0.1) is 0 Å². The molecule has 0 radical (unpaired) electrons. The Bertz CT molecular complexity index is 1300. The number of hydrogen-bond acceptors (Lipinski definition) is 3. The average molecular weight is 482 g/mol. The van der Waals surface area contributed by atoms with Crippen LogP contribution in [0.15, 0.2) is 84.9 Å². The summed E-state index contributed by atoms with van der Waals surface area (Å²) in [5.74, 6) is 1.76. The van der Waals surface area contributed by atoms with Crippen molar-refractivity contribution in [2.45, 2.75) is 45.6 Å². The second-order valence-corrected chi connectivity index (χ2v) is 9.93. The number of fused-ring (bicyclic) bond motifs is 1. The van der Waals surface area contributed by atoms with Crippen LogP contribution in [-0.4, -0.2) is 28.6 Å². The van der Waals surface area contributed by atoms with Gasteiger partial charge in [-0.3, -0.25) is 4.79 Å². The normalized spacial score (nSPS) is 11.8. The molecule has 5 heteroatoms. The highest BCUT2D eigenvalue weighted by molar-refractivity contribution is 5.91. The van der Waals surface area contributed by atoms with Crippen LogP contribution in [0.2, 0.25) is 0 Å². The summed E-state index contributed by atoms with van der Waals surface area (Å²) in [5, 5.41) is 2.97. The van der Waals surface area contributed by atoms with E-state index in [-0.39, 0.29) is 11.3 Å². The van der Waals surface area contributed by atoms with Crippen molar-refractivity contribution in [1.82, 2.24) is 14.9 Å². The molecule has 1 heterocycles. The number of aromatic nitrogens is 2. The highest BCUT2D eigenvalue weighted by Crippen LogP contribution is 2.24. The Balaban J connectivity index is 1.32. The summed E-state index contributed by atoms with van der Waals surface area (Å²) in [6.07, 6.45) is 4.92. The Morgan fingerprint density at radius 2 is 1.69 bits per heavy atom. The van der Waals surface area contributed by atoms with Gasteiger partial charge in [-0.2, -0.15) is 0 Å². The number of rotatable bonds is 10. The maximum atomic E-state index is 12.2. The van der Waals surface area contributed by atoms with E-state index >= 15 is 0 Å². The van der Waals surface area contributed by atoms with Crippen molar-refractivity contribution in [3.63, 3.8) is 0 Å². The van der Waals surface area contributed by atoms with Crippen LogP contribution >= 0.6 is 0 Å². The molecule has 3 aromatic carbocycles. The van der Waals surface area contributed by atoms with Crippen LogP contribution in [0.1, 0.15) is 44.1 Å². The number of benzene rings is 3. The van der Waals surface area contributed by atoms with Crippen LogP contribution in [0.3, 0.4) is 0 Å². The fraction of sp³-hybridized carbons (Fsp3) is 0.290. The molecule has 4 rings (SSSR count). The second-order valence-electron chi connectivity index (χ2n) is 9.93. The molecule has 5 nitrogen and oxygen atoms in total. The number of ether oxygens (including phenoxy) is 1. The van der Waals surface area contributed by atoms with Crippen molar-refractivity contribution in [2.24, 2.45) is 0 Å². The molecule has 0 aliphatic rings. The van der Waals surface area contributed by atoms with E-state index in [4.69, 9.17) is 9.72 Å². The van der Waals surface area contributed by atoms with E-state index in [9.17, 15) is 4.79 Å². The van der Waals surface area contributed by atoms with Gasteiger partial charge in [0.15, 0.2) is 0 Å². The second kappa shape index (κ2) is 11.7. The molecule has 36 heavy (non-hydrogen) atoms. The highest BCUT2D eigenvalue weighted by atomic mass is 16.5. The first-order chi connectivity index (χ1) is 17.4. The lowest BCUT2D eigenvalue weighted by Gasteiger charge is -2.19. The zero-order valence-electron chi connectivity index (χ0n) is 21.4. The summed E-state index contributed by atoms with van der Waals surface area (Å²) < 4.78 is 8.24. The van der Waals surface area contributed by atoms with Crippen LogP contribution in [-0.2, 0) is 23.2 Å². The van der Waals surface area contributed by atoms with Gasteiger partial charge in [-0.1, -0.05) is 75.4 Å². The maximum Gasteiger partial charge on any atom is 0.244 e. The van der Waals surface area contributed by atoms with Gasteiger partial charge in [0.25, 0.3) is 0 Å². The average Bonchev–Trinajstić information content (AvgIpc) is 3.23. The minimum atomic E-state index is -0.104. The van der Waals surface area contributed by atoms with Crippen LogP contribution in [0.5, 0.6) is 5.75 Å². The minimum absolute atomic E-state index is 0.104. The van der Waals surface area contributed by atoms with Crippen molar-refractivity contribution in [1.29, 1.82) is 0 Å². The van der Waals surface area contributed by atoms with Crippen molar-refractivity contribution < 1.29 is 9.53 Å². The van der Waals surface area contributed by atoms with Crippen LogP contribution < -0.4 is 10.1 Å².